The van der Waals surface area contributed by atoms with Crippen molar-refractivity contribution in [2.24, 2.45) is 0 Å². The van der Waals surface area contributed by atoms with Crippen LogP contribution in [0.1, 0.15) is 25.3 Å². The molecule has 2 aliphatic heterocycles. The number of nitrogens with one attached hydrogen (secondary N) is 1. The van der Waals surface area contributed by atoms with Crippen molar-refractivity contribution < 1.29 is 9.90 Å². The molecule has 4 rings (SSSR count). The summed E-state index contributed by atoms with van der Waals surface area (Å²) in [5.41, 5.74) is -1.09. The first-order chi connectivity index (χ1) is 13.5. The molecule has 2 saturated heterocycles. The highest BCUT2D eigenvalue weighted by molar-refractivity contribution is 5.86. The number of aromatic nitrogens is 4. The maximum absolute atomic E-state index is 13.0. The summed E-state index contributed by atoms with van der Waals surface area (Å²) in [6.07, 6.45) is 4.90. The molecule has 150 valence electrons. The van der Waals surface area contributed by atoms with E-state index in [9.17, 15) is 19.5 Å². The van der Waals surface area contributed by atoms with Gasteiger partial charge in [-0.05, 0) is 19.3 Å². The summed E-state index contributed by atoms with van der Waals surface area (Å²) in [6.45, 7) is 6.83. The summed E-state index contributed by atoms with van der Waals surface area (Å²) in [5.74, 6) is 0. The van der Waals surface area contributed by atoms with Crippen molar-refractivity contribution in [3.05, 3.63) is 39.8 Å². The number of nitrogens with zero attached hydrogens (tertiary/aromatic N) is 5. The fourth-order valence-electron chi connectivity index (χ4n) is 4.11. The molecule has 0 saturated carbocycles. The molecular weight excluding hydrogens is 364 g/mol. The molecule has 10 nitrogen and oxygen atoms in total. The van der Waals surface area contributed by atoms with Crippen LogP contribution >= 0.6 is 0 Å². The van der Waals surface area contributed by atoms with Gasteiger partial charge in [0.2, 0.25) is 0 Å². The van der Waals surface area contributed by atoms with E-state index < -0.39 is 23.4 Å². The fourth-order valence-corrected chi connectivity index (χ4v) is 4.11. The van der Waals surface area contributed by atoms with Crippen molar-refractivity contribution >= 4 is 17.2 Å². The molecule has 0 aromatic carbocycles. The third-order valence-electron chi connectivity index (χ3n) is 5.58. The van der Waals surface area contributed by atoms with Crippen LogP contribution in [-0.4, -0.2) is 78.9 Å². The van der Waals surface area contributed by atoms with Gasteiger partial charge in [0.1, 0.15) is 0 Å². The van der Waals surface area contributed by atoms with Crippen LogP contribution in [0.2, 0.25) is 0 Å². The number of amides is 1. The van der Waals surface area contributed by atoms with Gasteiger partial charge in [-0.3, -0.25) is 14.7 Å². The molecule has 28 heavy (non-hydrogen) atoms. The second-order valence-electron chi connectivity index (χ2n) is 7.41. The smallest absolute Gasteiger partial charge is 0.338 e. The first kappa shape index (κ1) is 18.6. The van der Waals surface area contributed by atoms with E-state index >= 15 is 0 Å². The highest BCUT2D eigenvalue weighted by Gasteiger charge is 2.30. The highest BCUT2D eigenvalue weighted by Crippen LogP contribution is 2.25. The highest BCUT2D eigenvalue weighted by atomic mass is 16.3. The first-order valence-corrected chi connectivity index (χ1v) is 9.52. The van der Waals surface area contributed by atoms with Crippen molar-refractivity contribution in [1.29, 1.82) is 0 Å². The molecule has 2 aliphatic rings. The van der Waals surface area contributed by atoms with E-state index in [2.05, 4.69) is 21.4 Å². The minimum atomic E-state index is -0.783. The number of fused-ring (bicyclic) bond motifs is 1. The molecule has 0 radical (unpaired) electrons. The Morgan fingerprint density at radius 2 is 2.04 bits per heavy atom. The molecule has 2 fully saturated rings. The Kier molecular flexibility index (Phi) is 4.90. The van der Waals surface area contributed by atoms with Crippen LogP contribution < -0.4 is 11.2 Å². The second-order valence-corrected chi connectivity index (χ2v) is 7.41. The normalized spacial score (nSPS) is 21.5. The van der Waals surface area contributed by atoms with E-state index in [0.29, 0.717) is 13.0 Å². The van der Waals surface area contributed by atoms with Gasteiger partial charge in [0, 0.05) is 38.8 Å². The van der Waals surface area contributed by atoms with Crippen molar-refractivity contribution in [3.8, 4) is 0 Å². The number of carbonyl (C=O) groups excluding carboxylic acids is 1. The molecule has 0 spiro atoms. The van der Waals surface area contributed by atoms with E-state index in [4.69, 9.17) is 0 Å². The topological polar surface area (TPSA) is 116 Å². The molecule has 2 aromatic heterocycles. The molecular formula is C18H24N6O4. The summed E-state index contributed by atoms with van der Waals surface area (Å²) in [4.78, 5) is 47.9. The summed E-state index contributed by atoms with van der Waals surface area (Å²) in [7, 11) is 0. The number of imidazole rings is 1. The number of piperidine rings is 1. The monoisotopic (exact) mass is 388 g/mol. The molecule has 0 unspecified atom stereocenters. The Morgan fingerprint density at radius 3 is 2.68 bits per heavy atom. The number of carbonyl (C=O) groups is 1. The van der Waals surface area contributed by atoms with Crippen molar-refractivity contribution in [1.82, 2.24) is 28.9 Å². The summed E-state index contributed by atoms with van der Waals surface area (Å²) in [6, 6.07) is -0.510. The molecule has 0 aliphatic carbocycles. The van der Waals surface area contributed by atoms with Gasteiger partial charge in [0.15, 0.2) is 11.2 Å². The Labute approximate surface area is 160 Å². The minimum Gasteiger partial charge on any atom is -0.391 e. The van der Waals surface area contributed by atoms with Gasteiger partial charge in [-0.2, -0.15) is 4.57 Å². The average molecular weight is 388 g/mol. The lowest BCUT2D eigenvalue weighted by atomic mass is 10.0. The SMILES string of the molecule is C=CCN1CCC(n2cnc3c(=O)[nH]c(=O)n(C(=O)N4CC[C@H](O)C4)c32)CC1. The van der Waals surface area contributed by atoms with Crippen LogP contribution in [0.3, 0.4) is 0 Å². The van der Waals surface area contributed by atoms with E-state index in [-0.39, 0.29) is 23.8 Å². The zero-order valence-corrected chi connectivity index (χ0v) is 15.6. The predicted octanol–water partition coefficient (Wildman–Crippen LogP) is -0.256. The Bertz CT molecular complexity index is 1010. The Morgan fingerprint density at radius 1 is 1.29 bits per heavy atom. The molecule has 2 N–H and O–H groups in total. The number of likely N-dealkylation sites (tertiary alicyclic amines) is 2. The van der Waals surface area contributed by atoms with E-state index in [1.165, 1.54) is 11.2 Å². The first-order valence-electron chi connectivity index (χ1n) is 9.52. The lowest BCUT2D eigenvalue weighted by molar-refractivity contribution is 0.172. The number of H-pyrrole nitrogens is 1. The van der Waals surface area contributed by atoms with Gasteiger partial charge < -0.3 is 14.6 Å². The third kappa shape index (κ3) is 3.18. The van der Waals surface area contributed by atoms with Crippen molar-refractivity contribution in [3.63, 3.8) is 0 Å². The predicted molar refractivity (Wildman–Crippen MR) is 103 cm³/mol. The Balaban J connectivity index is 1.75. The molecule has 4 heterocycles. The summed E-state index contributed by atoms with van der Waals surface area (Å²) in [5, 5.41) is 9.74. The average Bonchev–Trinajstić information content (AvgIpc) is 3.29. The van der Waals surface area contributed by atoms with E-state index in [0.717, 1.165) is 37.0 Å². The molecule has 2 aromatic rings. The standard InChI is InChI=1S/C18H24N6O4/c1-2-6-21-7-3-12(4-8-21)23-11-19-14-15(26)20-17(27)24(16(14)23)18(28)22-9-5-13(25)10-22/h2,11-13,25H,1,3-10H2,(H,20,26,27)/t13-/m0/s1. The van der Waals surface area contributed by atoms with E-state index in [1.807, 2.05) is 6.08 Å². The zero-order chi connectivity index (χ0) is 19.8. The number of rotatable bonds is 3. The van der Waals surface area contributed by atoms with E-state index in [1.54, 1.807) is 4.57 Å². The molecule has 1 amide bonds. The van der Waals surface area contributed by atoms with Crippen molar-refractivity contribution in [2.45, 2.75) is 31.4 Å². The van der Waals surface area contributed by atoms with Gasteiger partial charge >= 0.3 is 11.7 Å². The largest absolute Gasteiger partial charge is 0.391 e. The van der Waals surface area contributed by atoms with Gasteiger partial charge in [-0.25, -0.2) is 14.6 Å². The molecule has 10 heteroatoms. The lowest BCUT2D eigenvalue weighted by Gasteiger charge is -2.32. The number of β-amino-alcohol motifs (C(OH)–C–C–N with tert-alkyl or cyclic N) is 1. The summed E-state index contributed by atoms with van der Waals surface area (Å²) < 4.78 is 2.76. The van der Waals surface area contributed by atoms with Crippen LogP contribution in [0, 0.1) is 0 Å². The van der Waals surface area contributed by atoms with Gasteiger partial charge in [0.05, 0.1) is 12.4 Å². The molecule has 1 atom stereocenters. The number of aliphatic hydroxyl groups excluding tert-OH is 1. The minimum absolute atomic E-state index is 0.0375. The van der Waals surface area contributed by atoms with Gasteiger partial charge in [0.25, 0.3) is 5.56 Å². The van der Waals surface area contributed by atoms with Crippen LogP contribution in [0.25, 0.3) is 11.2 Å². The number of aromatic amines is 1. The Hall–Kier alpha value is -2.72. The van der Waals surface area contributed by atoms with Crippen LogP contribution in [-0.2, 0) is 0 Å². The van der Waals surface area contributed by atoms with Crippen LogP contribution in [0.15, 0.2) is 28.6 Å². The summed E-state index contributed by atoms with van der Waals surface area (Å²) >= 11 is 0. The molecule has 0 bridgehead atoms. The fraction of sp³-hybridized carbons (Fsp3) is 0.556. The lowest BCUT2D eigenvalue weighted by Crippen LogP contribution is -2.43. The van der Waals surface area contributed by atoms with Crippen LogP contribution in [0.5, 0.6) is 0 Å². The maximum atomic E-state index is 13.0. The third-order valence-corrected chi connectivity index (χ3v) is 5.58. The number of aliphatic hydroxyl groups is 1. The van der Waals surface area contributed by atoms with Gasteiger partial charge in [-0.1, -0.05) is 6.08 Å². The zero-order valence-electron chi connectivity index (χ0n) is 15.6. The quantitative estimate of drug-likeness (QED) is 0.700. The van der Waals surface area contributed by atoms with Gasteiger partial charge in [-0.15, -0.1) is 6.58 Å². The maximum Gasteiger partial charge on any atom is 0.338 e. The second kappa shape index (κ2) is 7.36. The number of hydrogen-bond donors (Lipinski definition) is 2. The number of hydrogen-bond acceptors (Lipinski definition) is 6. The van der Waals surface area contributed by atoms with Crippen LogP contribution in [0.4, 0.5) is 4.79 Å². The van der Waals surface area contributed by atoms with Crippen molar-refractivity contribution in [2.75, 3.05) is 32.7 Å².